The van der Waals surface area contributed by atoms with Crippen molar-refractivity contribution in [1.29, 1.82) is 0 Å². The Bertz CT molecular complexity index is 714. The Kier molecular flexibility index (Phi) is 7.16. The van der Waals surface area contributed by atoms with E-state index in [0.29, 0.717) is 12.0 Å². The van der Waals surface area contributed by atoms with Crippen LogP contribution in [0.15, 0.2) is 48.5 Å². The van der Waals surface area contributed by atoms with E-state index in [0.717, 1.165) is 42.5 Å². The lowest BCUT2D eigenvalue weighted by atomic mass is 9.99. The third-order valence-corrected chi connectivity index (χ3v) is 4.15. The zero-order valence-corrected chi connectivity index (χ0v) is 14.4. The molecule has 5 heteroatoms. The number of carbonyl (C=O) groups is 2. The standard InChI is InChI=1S/C20H24N2O3/c1-15-9-8-13-18(21-20(24)16-10-4-2-5-11-16)17(15)12-6-3-7-14-19(23)22-25/h2,4-5,8-11,13,25H,3,6-7,12,14H2,1H3,(H,21,24)(H,22,23). The van der Waals surface area contributed by atoms with Gasteiger partial charge in [-0.15, -0.1) is 0 Å². The predicted molar refractivity (Wildman–Crippen MR) is 97.7 cm³/mol. The third kappa shape index (κ3) is 5.72. The number of hydrogen-bond acceptors (Lipinski definition) is 3. The van der Waals surface area contributed by atoms with Crippen molar-refractivity contribution < 1.29 is 14.8 Å². The summed E-state index contributed by atoms with van der Waals surface area (Å²) in [5.41, 5.74) is 5.37. The summed E-state index contributed by atoms with van der Waals surface area (Å²) in [6.07, 6.45) is 3.68. The lowest BCUT2D eigenvalue weighted by Crippen LogP contribution is -2.17. The van der Waals surface area contributed by atoms with Gasteiger partial charge in [0.05, 0.1) is 0 Å². The van der Waals surface area contributed by atoms with E-state index in [1.165, 1.54) is 0 Å². The fraction of sp³-hybridized carbons (Fsp3) is 0.300. The van der Waals surface area contributed by atoms with Crippen molar-refractivity contribution in [2.24, 2.45) is 0 Å². The summed E-state index contributed by atoms with van der Waals surface area (Å²) in [6.45, 7) is 2.03. The summed E-state index contributed by atoms with van der Waals surface area (Å²) in [7, 11) is 0. The predicted octanol–water partition coefficient (Wildman–Crippen LogP) is 3.86. The molecule has 0 saturated heterocycles. The smallest absolute Gasteiger partial charge is 0.255 e. The highest BCUT2D eigenvalue weighted by atomic mass is 16.5. The second-order valence-corrected chi connectivity index (χ2v) is 6.02. The SMILES string of the molecule is Cc1cccc(NC(=O)c2ccccc2)c1CCCCCC(=O)NO. The molecule has 0 radical (unpaired) electrons. The van der Waals surface area contributed by atoms with Gasteiger partial charge in [0.25, 0.3) is 5.91 Å². The Morgan fingerprint density at radius 2 is 1.72 bits per heavy atom. The molecule has 3 N–H and O–H groups in total. The summed E-state index contributed by atoms with van der Waals surface area (Å²) in [5.74, 6) is -0.473. The largest absolute Gasteiger partial charge is 0.322 e. The first-order chi connectivity index (χ1) is 12.1. The Labute approximate surface area is 148 Å². The Morgan fingerprint density at radius 3 is 2.44 bits per heavy atom. The van der Waals surface area contributed by atoms with Crippen molar-refractivity contribution in [1.82, 2.24) is 5.48 Å². The van der Waals surface area contributed by atoms with Gasteiger partial charge < -0.3 is 5.32 Å². The third-order valence-electron chi connectivity index (χ3n) is 4.15. The quantitative estimate of drug-likeness (QED) is 0.388. The van der Waals surface area contributed by atoms with Gasteiger partial charge in [0.1, 0.15) is 0 Å². The van der Waals surface area contributed by atoms with Crippen LogP contribution in [0.1, 0.15) is 47.2 Å². The average Bonchev–Trinajstić information content (AvgIpc) is 2.63. The van der Waals surface area contributed by atoms with E-state index in [2.05, 4.69) is 5.32 Å². The first-order valence-electron chi connectivity index (χ1n) is 8.49. The van der Waals surface area contributed by atoms with Crippen molar-refractivity contribution in [2.75, 3.05) is 5.32 Å². The number of hydrogen-bond donors (Lipinski definition) is 3. The molecule has 2 aromatic carbocycles. The van der Waals surface area contributed by atoms with Gasteiger partial charge in [-0.05, 0) is 55.5 Å². The minimum Gasteiger partial charge on any atom is -0.322 e. The number of rotatable bonds is 8. The van der Waals surface area contributed by atoms with Gasteiger partial charge in [-0.2, -0.15) is 0 Å². The van der Waals surface area contributed by atoms with Crippen LogP contribution in [0.5, 0.6) is 0 Å². The van der Waals surface area contributed by atoms with Crippen molar-refractivity contribution in [3.05, 3.63) is 65.2 Å². The molecule has 0 aliphatic carbocycles. The molecule has 132 valence electrons. The highest BCUT2D eigenvalue weighted by Gasteiger charge is 2.10. The van der Waals surface area contributed by atoms with Crippen LogP contribution in [0.4, 0.5) is 5.69 Å². The summed E-state index contributed by atoms with van der Waals surface area (Å²) in [4.78, 5) is 23.4. The lowest BCUT2D eigenvalue weighted by molar-refractivity contribution is -0.129. The molecule has 5 nitrogen and oxygen atoms in total. The molecule has 0 spiro atoms. The summed E-state index contributed by atoms with van der Waals surface area (Å²) in [6, 6.07) is 15.0. The molecule has 0 heterocycles. The number of amides is 2. The van der Waals surface area contributed by atoms with Crippen molar-refractivity contribution in [2.45, 2.75) is 39.0 Å². The van der Waals surface area contributed by atoms with E-state index in [9.17, 15) is 9.59 Å². The minimum absolute atomic E-state index is 0.118. The van der Waals surface area contributed by atoms with Crippen LogP contribution >= 0.6 is 0 Å². The summed E-state index contributed by atoms with van der Waals surface area (Å²) >= 11 is 0. The van der Waals surface area contributed by atoms with E-state index in [1.807, 2.05) is 43.3 Å². The second-order valence-electron chi connectivity index (χ2n) is 6.02. The van der Waals surface area contributed by atoms with Crippen molar-refractivity contribution in [3.8, 4) is 0 Å². The zero-order valence-electron chi connectivity index (χ0n) is 14.4. The van der Waals surface area contributed by atoms with Gasteiger partial charge in [-0.3, -0.25) is 14.8 Å². The fourth-order valence-corrected chi connectivity index (χ4v) is 2.76. The van der Waals surface area contributed by atoms with E-state index >= 15 is 0 Å². The Morgan fingerprint density at radius 1 is 0.960 bits per heavy atom. The number of nitrogens with one attached hydrogen (secondary N) is 2. The van der Waals surface area contributed by atoms with E-state index < -0.39 is 0 Å². The van der Waals surface area contributed by atoms with Crippen LogP contribution in [0, 0.1) is 6.92 Å². The molecule has 2 aromatic rings. The van der Waals surface area contributed by atoms with Crippen LogP contribution in [0.2, 0.25) is 0 Å². The number of unbranched alkanes of at least 4 members (excludes halogenated alkanes) is 2. The van der Waals surface area contributed by atoms with Crippen molar-refractivity contribution >= 4 is 17.5 Å². The number of hydroxylamine groups is 1. The number of benzene rings is 2. The van der Waals surface area contributed by atoms with Crippen LogP contribution < -0.4 is 10.8 Å². The molecule has 2 rings (SSSR count). The van der Waals surface area contributed by atoms with Gasteiger partial charge in [0.15, 0.2) is 0 Å². The molecular weight excluding hydrogens is 316 g/mol. The molecular formula is C20H24N2O3. The van der Waals surface area contributed by atoms with Gasteiger partial charge in [0, 0.05) is 17.7 Å². The maximum Gasteiger partial charge on any atom is 0.255 e. The summed E-state index contributed by atoms with van der Waals surface area (Å²) < 4.78 is 0. The number of anilines is 1. The van der Waals surface area contributed by atoms with Crippen LogP contribution in [0.25, 0.3) is 0 Å². The molecule has 25 heavy (non-hydrogen) atoms. The molecule has 0 saturated carbocycles. The minimum atomic E-state index is -0.355. The molecule has 2 amide bonds. The maximum absolute atomic E-state index is 12.4. The zero-order chi connectivity index (χ0) is 18.1. The Balaban J connectivity index is 1.96. The number of aryl methyl sites for hydroxylation is 1. The first-order valence-corrected chi connectivity index (χ1v) is 8.49. The molecule has 0 unspecified atom stereocenters. The van der Waals surface area contributed by atoms with Crippen molar-refractivity contribution in [3.63, 3.8) is 0 Å². The molecule has 0 aliphatic heterocycles. The van der Waals surface area contributed by atoms with Crippen LogP contribution in [-0.4, -0.2) is 17.0 Å². The van der Waals surface area contributed by atoms with Gasteiger partial charge in [0.2, 0.25) is 5.91 Å². The fourth-order valence-electron chi connectivity index (χ4n) is 2.76. The lowest BCUT2D eigenvalue weighted by Gasteiger charge is -2.14. The topological polar surface area (TPSA) is 78.4 Å². The Hall–Kier alpha value is -2.66. The van der Waals surface area contributed by atoms with Crippen LogP contribution in [-0.2, 0) is 11.2 Å². The maximum atomic E-state index is 12.4. The van der Waals surface area contributed by atoms with Crippen LogP contribution in [0.3, 0.4) is 0 Å². The monoisotopic (exact) mass is 340 g/mol. The average molecular weight is 340 g/mol. The molecule has 0 fully saturated rings. The van der Waals surface area contributed by atoms with E-state index in [1.54, 1.807) is 17.6 Å². The molecule has 0 bridgehead atoms. The van der Waals surface area contributed by atoms with Gasteiger partial charge in [-0.1, -0.05) is 36.8 Å². The highest BCUT2D eigenvalue weighted by molar-refractivity contribution is 6.04. The molecule has 0 aliphatic rings. The first kappa shape index (κ1) is 18.7. The van der Waals surface area contributed by atoms with Gasteiger partial charge >= 0.3 is 0 Å². The molecule has 0 atom stereocenters. The highest BCUT2D eigenvalue weighted by Crippen LogP contribution is 2.23. The second kappa shape index (κ2) is 9.59. The summed E-state index contributed by atoms with van der Waals surface area (Å²) in [5, 5.41) is 11.5. The normalized spacial score (nSPS) is 10.3. The van der Waals surface area contributed by atoms with E-state index in [-0.39, 0.29) is 11.8 Å². The number of carbonyl (C=O) groups excluding carboxylic acids is 2. The molecule has 0 aromatic heterocycles. The van der Waals surface area contributed by atoms with E-state index in [4.69, 9.17) is 5.21 Å². The van der Waals surface area contributed by atoms with Gasteiger partial charge in [-0.25, -0.2) is 5.48 Å².